The normalized spacial score (nSPS) is 15.3. The maximum absolute atomic E-state index is 13.4. The Labute approximate surface area is 183 Å². The predicted molar refractivity (Wildman–Crippen MR) is 120 cm³/mol. The van der Waals surface area contributed by atoms with Gasteiger partial charge in [0.25, 0.3) is 5.91 Å². The second-order valence-corrected chi connectivity index (χ2v) is 8.06. The van der Waals surface area contributed by atoms with E-state index in [0.29, 0.717) is 12.1 Å². The Balaban J connectivity index is 1.61. The van der Waals surface area contributed by atoms with E-state index in [1.165, 1.54) is 6.42 Å². The number of hydrogen-bond acceptors (Lipinski definition) is 4. The van der Waals surface area contributed by atoms with Crippen LogP contribution in [0.2, 0.25) is 0 Å². The van der Waals surface area contributed by atoms with Gasteiger partial charge in [0.1, 0.15) is 11.5 Å². The second kappa shape index (κ2) is 9.25. The fourth-order valence-corrected chi connectivity index (χ4v) is 4.45. The van der Waals surface area contributed by atoms with E-state index in [1.807, 2.05) is 47.3 Å². The van der Waals surface area contributed by atoms with Crippen LogP contribution in [0.25, 0.3) is 0 Å². The van der Waals surface area contributed by atoms with Gasteiger partial charge in [0.2, 0.25) is 0 Å². The van der Waals surface area contributed by atoms with Crippen LogP contribution in [-0.2, 0) is 12.1 Å². The lowest BCUT2D eigenvalue weighted by atomic mass is 9.76. The first kappa shape index (κ1) is 21.0. The fourth-order valence-electron chi connectivity index (χ4n) is 4.45. The third kappa shape index (κ3) is 4.58. The zero-order valence-corrected chi connectivity index (χ0v) is 18.1. The van der Waals surface area contributed by atoms with Crippen molar-refractivity contribution in [3.63, 3.8) is 0 Å². The third-order valence-electron chi connectivity index (χ3n) is 6.14. The summed E-state index contributed by atoms with van der Waals surface area (Å²) in [7, 11) is 3.31. The van der Waals surface area contributed by atoms with Gasteiger partial charge in [0.05, 0.1) is 26.3 Å². The van der Waals surface area contributed by atoms with Gasteiger partial charge in [0, 0.05) is 23.5 Å². The molecular weight excluding hydrogens is 390 g/mol. The van der Waals surface area contributed by atoms with Crippen LogP contribution in [0.1, 0.15) is 53.6 Å². The van der Waals surface area contributed by atoms with Crippen LogP contribution >= 0.6 is 0 Å². The zero-order valence-electron chi connectivity index (χ0n) is 18.1. The third-order valence-corrected chi connectivity index (χ3v) is 6.14. The first-order valence-corrected chi connectivity index (χ1v) is 10.7. The molecule has 0 unspecified atom stereocenters. The number of carbonyl (C=O) groups excluding carboxylic acids is 1. The number of carbonyl (C=O) groups is 1. The summed E-state index contributed by atoms with van der Waals surface area (Å²) < 4.78 is 12.6. The Bertz CT molecular complexity index is 1010. The van der Waals surface area contributed by atoms with Crippen LogP contribution in [0, 0.1) is 0 Å². The number of hydrogen-bond donors (Lipinski definition) is 1. The molecule has 0 spiro atoms. The van der Waals surface area contributed by atoms with Gasteiger partial charge in [-0.05, 0) is 54.8 Å². The van der Waals surface area contributed by atoms with Gasteiger partial charge in [-0.2, -0.15) is 5.10 Å². The van der Waals surface area contributed by atoms with Gasteiger partial charge < -0.3 is 14.8 Å². The van der Waals surface area contributed by atoms with Crippen LogP contribution in [0.5, 0.6) is 11.5 Å². The molecule has 6 nitrogen and oxygen atoms in total. The molecule has 0 atom stereocenters. The lowest BCUT2D eigenvalue weighted by molar-refractivity contribution is 0.0866. The molecule has 0 radical (unpaired) electrons. The molecule has 1 aromatic heterocycles. The average molecular weight is 420 g/mol. The van der Waals surface area contributed by atoms with Gasteiger partial charge in [-0.15, -0.1) is 0 Å². The number of benzene rings is 2. The van der Waals surface area contributed by atoms with E-state index < -0.39 is 0 Å². The molecule has 2 aromatic carbocycles. The molecule has 0 saturated heterocycles. The second-order valence-electron chi connectivity index (χ2n) is 8.06. The van der Waals surface area contributed by atoms with Gasteiger partial charge in [0.15, 0.2) is 0 Å². The van der Waals surface area contributed by atoms with Crippen molar-refractivity contribution >= 4 is 5.91 Å². The van der Waals surface area contributed by atoms with Crippen LogP contribution in [-0.4, -0.2) is 29.9 Å². The molecule has 1 aliphatic rings. The molecule has 31 heavy (non-hydrogen) atoms. The maximum atomic E-state index is 13.4. The average Bonchev–Trinajstić information content (AvgIpc) is 3.33. The van der Waals surface area contributed by atoms with E-state index >= 15 is 0 Å². The van der Waals surface area contributed by atoms with Gasteiger partial charge in [-0.3, -0.25) is 9.48 Å². The minimum atomic E-state index is -0.357. The molecule has 0 aliphatic heterocycles. The smallest absolute Gasteiger partial charge is 0.251 e. The first-order chi connectivity index (χ1) is 15.1. The summed E-state index contributed by atoms with van der Waals surface area (Å²) in [4.78, 5) is 13.4. The summed E-state index contributed by atoms with van der Waals surface area (Å²) in [6, 6.07) is 15.5. The van der Waals surface area contributed by atoms with Crippen LogP contribution in [0.4, 0.5) is 0 Å². The highest BCUT2D eigenvalue weighted by Crippen LogP contribution is 2.38. The largest absolute Gasteiger partial charge is 0.497 e. The fraction of sp³-hybridized carbons (Fsp3) is 0.360. The number of rotatable bonds is 7. The number of nitrogens with zero attached hydrogens (tertiary/aromatic N) is 2. The van der Waals surface area contributed by atoms with E-state index in [2.05, 4.69) is 22.5 Å². The topological polar surface area (TPSA) is 65.4 Å². The Hall–Kier alpha value is -3.28. The SMILES string of the molecule is COc1ccc(C2(NC(=O)c3ccc(OC)c(Cn4cccn4)c3)CCCCC2)cc1. The van der Waals surface area contributed by atoms with E-state index in [1.54, 1.807) is 20.4 Å². The lowest BCUT2D eigenvalue weighted by Gasteiger charge is -2.39. The Kier molecular flexibility index (Phi) is 6.26. The summed E-state index contributed by atoms with van der Waals surface area (Å²) in [6.07, 6.45) is 8.89. The molecular formula is C25H29N3O3. The molecule has 162 valence electrons. The van der Waals surface area contributed by atoms with Crippen molar-refractivity contribution in [3.05, 3.63) is 77.6 Å². The predicted octanol–water partition coefficient (Wildman–Crippen LogP) is 4.54. The molecule has 3 aromatic rings. The summed E-state index contributed by atoms with van der Waals surface area (Å²) in [5, 5.41) is 7.65. The summed E-state index contributed by atoms with van der Waals surface area (Å²) >= 11 is 0. The van der Waals surface area contributed by atoms with Crippen LogP contribution in [0.15, 0.2) is 60.9 Å². The van der Waals surface area contributed by atoms with Crippen molar-refractivity contribution in [3.8, 4) is 11.5 Å². The molecule has 1 amide bonds. The monoisotopic (exact) mass is 419 g/mol. The van der Waals surface area contributed by atoms with Crippen LogP contribution < -0.4 is 14.8 Å². The van der Waals surface area contributed by atoms with E-state index in [-0.39, 0.29) is 11.4 Å². The molecule has 1 aliphatic carbocycles. The Morgan fingerprint density at radius 1 is 1.06 bits per heavy atom. The van der Waals surface area contributed by atoms with Crippen molar-refractivity contribution in [1.82, 2.24) is 15.1 Å². The van der Waals surface area contributed by atoms with Gasteiger partial charge >= 0.3 is 0 Å². The maximum Gasteiger partial charge on any atom is 0.251 e. The van der Waals surface area contributed by atoms with Crippen molar-refractivity contribution in [1.29, 1.82) is 0 Å². The van der Waals surface area contributed by atoms with Gasteiger partial charge in [-0.25, -0.2) is 0 Å². The molecule has 0 bridgehead atoms. The highest BCUT2D eigenvalue weighted by molar-refractivity contribution is 5.95. The highest BCUT2D eigenvalue weighted by Gasteiger charge is 2.35. The minimum absolute atomic E-state index is 0.0675. The van der Waals surface area contributed by atoms with E-state index in [4.69, 9.17) is 9.47 Å². The first-order valence-electron chi connectivity index (χ1n) is 10.7. The van der Waals surface area contributed by atoms with Crippen molar-refractivity contribution in [2.45, 2.75) is 44.2 Å². The Morgan fingerprint density at radius 3 is 2.48 bits per heavy atom. The molecule has 1 saturated carbocycles. The number of ether oxygens (including phenoxy) is 2. The van der Waals surface area contributed by atoms with Crippen molar-refractivity contribution in [2.24, 2.45) is 0 Å². The summed E-state index contributed by atoms with van der Waals surface area (Å²) in [5.74, 6) is 1.50. The minimum Gasteiger partial charge on any atom is -0.497 e. The highest BCUT2D eigenvalue weighted by atomic mass is 16.5. The molecule has 1 N–H and O–H groups in total. The van der Waals surface area contributed by atoms with E-state index in [9.17, 15) is 4.79 Å². The number of methoxy groups -OCH3 is 2. The van der Waals surface area contributed by atoms with E-state index in [0.717, 1.165) is 48.3 Å². The van der Waals surface area contributed by atoms with Gasteiger partial charge in [-0.1, -0.05) is 31.4 Å². The number of aromatic nitrogens is 2. The standard InChI is InChI=1S/C25H29N3O3/c1-30-22-10-8-21(9-11-22)25(13-4-3-5-14-25)27-24(29)19-7-12-23(31-2)20(17-19)18-28-16-6-15-26-28/h6-12,15-17H,3-5,13-14,18H2,1-2H3,(H,27,29). The lowest BCUT2D eigenvalue weighted by Crippen LogP contribution is -2.47. The summed E-state index contributed by atoms with van der Waals surface area (Å²) in [6.45, 7) is 0.543. The Morgan fingerprint density at radius 2 is 1.84 bits per heavy atom. The van der Waals surface area contributed by atoms with Crippen LogP contribution in [0.3, 0.4) is 0 Å². The zero-order chi connectivity index (χ0) is 21.7. The van der Waals surface area contributed by atoms with Crippen molar-refractivity contribution < 1.29 is 14.3 Å². The molecule has 4 rings (SSSR count). The summed E-state index contributed by atoms with van der Waals surface area (Å²) in [5.41, 5.74) is 2.32. The molecule has 1 heterocycles. The number of nitrogens with one attached hydrogen (secondary N) is 1. The quantitative estimate of drug-likeness (QED) is 0.611. The molecule has 6 heteroatoms. The molecule has 1 fully saturated rings. The van der Waals surface area contributed by atoms with Crippen molar-refractivity contribution in [2.75, 3.05) is 14.2 Å². The number of amides is 1.